The number of rotatable bonds is 3. The highest BCUT2D eigenvalue weighted by atomic mass is 32.1. The van der Waals surface area contributed by atoms with Crippen LogP contribution in [-0.4, -0.2) is 22.0 Å². The van der Waals surface area contributed by atoms with Crippen LogP contribution in [0.4, 0.5) is 0 Å². The van der Waals surface area contributed by atoms with Crippen LogP contribution >= 0.6 is 11.3 Å². The summed E-state index contributed by atoms with van der Waals surface area (Å²) in [6, 6.07) is -0.245. The van der Waals surface area contributed by atoms with E-state index in [1.807, 2.05) is 0 Å². The molecule has 1 atom stereocenters. The molecular weight excluding hydrogens is 204 g/mol. The zero-order valence-electron chi connectivity index (χ0n) is 7.77. The van der Waals surface area contributed by atoms with E-state index >= 15 is 0 Å². The quantitative estimate of drug-likeness (QED) is 0.787. The number of nitrogens with zero attached hydrogens (tertiary/aromatic N) is 1. The van der Waals surface area contributed by atoms with Gasteiger partial charge in [-0.05, 0) is 6.92 Å². The number of thiazole rings is 1. The fourth-order valence-corrected chi connectivity index (χ4v) is 1.75. The fourth-order valence-electron chi connectivity index (χ4n) is 0.951. The molecule has 0 aliphatic carbocycles. The van der Waals surface area contributed by atoms with Gasteiger partial charge in [-0.15, -0.1) is 11.3 Å². The highest BCUT2D eigenvalue weighted by Gasteiger charge is 2.14. The van der Waals surface area contributed by atoms with Gasteiger partial charge in [0.25, 0.3) is 0 Å². The number of nitrogens with one attached hydrogen (secondary N) is 1. The van der Waals surface area contributed by atoms with Crippen molar-refractivity contribution in [2.24, 2.45) is 0 Å². The third-order valence-electron chi connectivity index (χ3n) is 1.53. The monoisotopic (exact) mass is 214 g/mol. The lowest BCUT2D eigenvalue weighted by molar-refractivity contribution is -0.119. The van der Waals surface area contributed by atoms with E-state index in [1.54, 1.807) is 6.92 Å². The lowest BCUT2D eigenvalue weighted by atomic mass is 10.3. The number of amides is 1. The Morgan fingerprint density at radius 2 is 2.29 bits per heavy atom. The van der Waals surface area contributed by atoms with Gasteiger partial charge in [-0.3, -0.25) is 4.79 Å². The highest BCUT2D eigenvalue weighted by molar-refractivity contribution is 7.09. The molecule has 0 saturated heterocycles. The molecule has 1 heterocycles. The molecule has 1 aromatic rings. The summed E-state index contributed by atoms with van der Waals surface area (Å²) in [5.41, 5.74) is 0.0159. The fraction of sp³-hybridized carbons (Fsp3) is 0.375. The van der Waals surface area contributed by atoms with E-state index in [0.717, 1.165) is 0 Å². The second-order valence-corrected chi connectivity index (χ2v) is 3.69. The molecule has 0 bridgehead atoms. The maximum absolute atomic E-state index is 10.7. The first-order chi connectivity index (χ1) is 6.50. The Balaban J connectivity index is 2.76. The van der Waals surface area contributed by atoms with Gasteiger partial charge in [-0.25, -0.2) is 9.78 Å². The number of carbonyl (C=O) groups excluding carboxylic acids is 1. The number of hydrogen-bond acceptors (Lipinski definition) is 4. The lowest BCUT2D eigenvalue weighted by Gasteiger charge is -2.07. The Kier molecular flexibility index (Phi) is 3.19. The molecule has 0 aliphatic heterocycles. The summed E-state index contributed by atoms with van der Waals surface area (Å²) in [5.74, 6) is -1.22. The highest BCUT2D eigenvalue weighted by Crippen LogP contribution is 2.17. The number of aromatic nitrogens is 1. The molecule has 0 saturated carbocycles. The second kappa shape index (κ2) is 4.19. The minimum absolute atomic E-state index is 0.0159. The van der Waals surface area contributed by atoms with Gasteiger partial charge in [-0.1, -0.05) is 0 Å². The molecule has 0 aromatic carbocycles. The summed E-state index contributed by atoms with van der Waals surface area (Å²) in [6.07, 6.45) is 0. The van der Waals surface area contributed by atoms with E-state index in [9.17, 15) is 9.59 Å². The van der Waals surface area contributed by atoms with Crippen LogP contribution < -0.4 is 5.32 Å². The van der Waals surface area contributed by atoms with Crippen molar-refractivity contribution < 1.29 is 14.7 Å². The molecule has 5 nitrogen and oxygen atoms in total. The summed E-state index contributed by atoms with van der Waals surface area (Å²) in [6.45, 7) is 3.16. The normalized spacial score (nSPS) is 12.1. The number of aromatic carboxylic acids is 1. The van der Waals surface area contributed by atoms with E-state index in [0.29, 0.717) is 5.01 Å². The molecule has 0 unspecified atom stereocenters. The van der Waals surface area contributed by atoms with Gasteiger partial charge in [0, 0.05) is 12.3 Å². The van der Waals surface area contributed by atoms with Gasteiger partial charge < -0.3 is 10.4 Å². The Morgan fingerprint density at radius 1 is 1.64 bits per heavy atom. The lowest BCUT2D eigenvalue weighted by Crippen LogP contribution is -2.23. The molecule has 14 heavy (non-hydrogen) atoms. The molecule has 0 spiro atoms. The molecule has 0 fully saturated rings. The number of hydrogen-bond donors (Lipinski definition) is 2. The van der Waals surface area contributed by atoms with Crippen molar-refractivity contribution in [3.8, 4) is 0 Å². The molecule has 6 heteroatoms. The van der Waals surface area contributed by atoms with Crippen LogP contribution in [0, 0.1) is 0 Å². The van der Waals surface area contributed by atoms with Gasteiger partial charge in [0.15, 0.2) is 5.69 Å². The summed E-state index contributed by atoms with van der Waals surface area (Å²) in [7, 11) is 0. The van der Waals surface area contributed by atoms with Crippen LogP contribution in [0.5, 0.6) is 0 Å². The van der Waals surface area contributed by atoms with Crippen molar-refractivity contribution in [3.05, 3.63) is 16.1 Å². The topological polar surface area (TPSA) is 79.3 Å². The van der Waals surface area contributed by atoms with E-state index < -0.39 is 5.97 Å². The molecule has 1 amide bonds. The number of carboxylic acids is 1. The van der Waals surface area contributed by atoms with Crippen LogP contribution in [0.15, 0.2) is 5.38 Å². The predicted molar refractivity (Wildman–Crippen MR) is 51.3 cm³/mol. The van der Waals surface area contributed by atoms with Crippen molar-refractivity contribution in [1.29, 1.82) is 0 Å². The average molecular weight is 214 g/mol. The first kappa shape index (κ1) is 10.6. The van der Waals surface area contributed by atoms with E-state index in [4.69, 9.17) is 5.11 Å². The Bertz CT molecular complexity index is 361. The maximum atomic E-state index is 10.7. The smallest absolute Gasteiger partial charge is 0.355 e. The van der Waals surface area contributed by atoms with Crippen LogP contribution in [0.25, 0.3) is 0 Å². The Hall–Kier alpha value is -1.43. The molecule has 1 rings (SSSR count). The van der Waals surface area contributed by atoms with Crippen molar-refractivity contribution in [3.63, 3.8) is 0 Å². The van der Waals surface area contributed by atoms with E-state index in [2.05, 4.69) is 10.3 Å². The number of carboxylic acid groups (broad SMARTS) is 1. The summed E-state index contributed by atoms with van der Waals surface area (Å²) in [5, 5.41) is 13.3. The largest absolute Gasteiger partial charge is 0.476 e. The maximum Gasteiger partial charge on any atom is 0.355 e. The molecule has 76 valence electrons. The van der Waals surface area contributed by atoms with Crippen LogP contribution in [0.2, 0.25) is 0 Å². The minimum Gasteiger partial charge on any atom is -0.476 e. The molecule has 1 aromatic heterocycles. The van der Waals surface area contributed by atoms with Gasteiger partial charge >= 0.3 is 5.97 Å². The molecule has 0 aliphatic rings. The predicted octanol–water partition coefficient (Wildman–Crippen LogP) is 1.04. The Morgan fingerprint density at radius 3 is 2.71 bits per heavy atom. The van der Waals surface area contributed by atoms with Crippen LogP contribution in [-0.2, 0) is 4.79 Å². The van der Waals surface area contributed by atoms with E-state index in [-0.39, 0.29) is 17.6 Å². The van der Waals surface area contributed by atoms with Gasteiger partial charge in [-0.2, -0.15) is 0 Å². The average Bonchev–Trinajstić information content (AvgIpc) is 2.50. The van der Waals surface area contributed by atoms with Crippen LogP contribution in [0.3, 0.4) is 0 Å². The zero-order chi connectivity index (χ0) is 10.7. The van der Waals surface area contributed by atoms with Gasteiger partial charge in [0.1, 0.15) is 5.01 Å². The first-order valence-electron chi connectivity index (χ1n) is 3.96. The summed E-state index contributed by atoms with van der Waals surface area (Å²) >= 11 is 1.22. The van der Waals surface area contributed by atoms with Crippen molar-refractivity contribution >= 4 is 23.2 Å². The van der Waals surface area contributed by atoms with Crippen molar-refractivity contribution in [2.75, 3.05) is 0 Å². The minimum atomic E-state index is -1.05. The second-order valence-electron chi connectivity index (χ2n) is 2.80. The van der Waals surface area contributed by atoms with Crippen molar-refractivity contribution in [2.45, 2.75) is 19.9 Å². The molecule has 0 radical (unpaired) electrons. The molecule has 2 N–H and O–H groups in total. The zero-order valence-corrected chi connectivity index (χ0v) is 8.59. The van der Waals surface area contributed by atoms with Crippen molar-refractivity contribution in [1.82, 2.24) is 10.3 Å². The molecular formula is C8H10N2O3S. The third-order valence-corrected chi connectivity index (χ3v) is 2.56. The van der Waals surface area contributed by atoms with Gasteiger partial charge in [0.2, 0.25) is 5.91 Å². The first-order valence-corrected chi connectivity index (χ1v) is 4.84. The number of carbonyl (C=O) groups is 2. The van der Waals surface area contributed by atoms with E-state index in [1.165, 1.54) is 23.6 Å². The summed E-state index contributed by atoms with van der Waals surface area (Å²) in [4.78, 5) is 25.1. The summed E-state index contributed by atoms with van der Waals surface area (Å²) < 4.78 is 0. The van der Waals surface area contributed by atoms with Crippen LogP contribution in [0.1, 0.15) is 35.4 Å². The van der Waals surface area contributed by atoms with Gasteiger partial charge in [0.05, 0.1) is 6.04 Å². The SMILES string of the molecule is CC(=O)N[C@H](C)c1nc(C(=O)O)cs1. The standard InChI is InChI=1S/C8H10N2O3S/c1-4(9-5(2)11)7-10-6(3-14-7)8(12)13/h3-4H,1-2H3,(H,9,11)(H,12,13)/t4-/m1/s1. The Labute approximate surface area is 84.8 Å². The third kappa shape index (κ3) is 2.53.